The van der Waals surface area contributed by atoms with Crippen LogP contribution in [0.4, 0.5) is 0 Å². The minimum atomic E-state index is 0. The van der Waals surface area contributed by atoms with Crippen molar-refractivity contribution >= 4 is 46.8 Å². The lowest BCUT2D eigenvalue weighted by atomic mass is 9.86. The highest BCUT2D eigenvalue weighted by atomic mass is 14.2. The lowest BCUT2D eigenvalue weighted by Crippen LogP contribution is -1.95. The van der Waals surface area contributed by atoms with Gasteiger partial charge in [0, 0.05) is 8.41 Å². The molecule has 0 fully saturated rings. The zero-order valence-corrected chi connectivity index (χ0v) is 13.6. The quantitative estimate of drug-likeness (QED) is 0.250. The first-order valence-corrected chi connectivity index (χ1v) is 7.44. The van der Waals surface area contributed by atoms with Crippen LogP contribution in [0.2, 0.25) is 0 Å². The molecule has 5 rings (SSSR count). The summed E-state index contributed by atoms with van der Waals surface area (Å²) in [6, 6.07) is 22.1. The van der Waals surface area contributed by atoms with E-state index in [0.29, 0.717) is 0 Å². The molecule has 0 amide bonds. The number of benzene rings is 4. The molecule has 1 aliphatic carbocycles. The smallest absolute Gasteiger partial charge is 0 e. The summed E-state index contributed by atoms with van der Waals surface area (Å²) < 4.78 is 0. The van der Waals surface area contributed by atoms with E-state index in [1.54, 1.807) is 0 Å². The van der Waals surface area contributed by atoms with Crippen LogP contribution < -0.4 is 12.3 Å². The molecule has 2 nitrogen and oxygen atoms in total. The Balaban J connectivity index is 0.000000694. The summed E-state index contributed by atoms with van der Waals surface area (Å²) in [6.45, 7) is 0. The molecule has 0 aromatic heterocycles. The van der Waals surface area contributed by atoms with E-state index < -0.39 is 0 Å². The Kier molecular flexibility index (Phi) is 4.79. The zero-order valence-electron chi connectivity index (χ0n) is 13.6. The fourth-order valence-corrected chi connectivity index (χ4v) is 3.72. The molecular weight excluding hydrogens is 291 g/mol. The van der Waals surface area contributed by atoms with E-state index in [9.17, 15) is 0 Å². The van der Waals surface area contributed by atoms with Gasteiger partial charge in [0.1, 0.15) is 0 Å². The minimum absolute atomic E-state index is 0. The van der Waals surface area contributed by atoms with Gasteiger partial charge in [0.15, 0.2) is 0 Å². The van der Waals surface area contributed by atoms with E-state index in [-0.39, 0.29) is 20.7 Å². The number of allylic oxidation sites excluding steroid dienone is 1. The molecule has 3 radical (unpaired) electrons. The van der Waals surface area contributed by atoms with Crippen LogP contribution >= 0.6 is 0 Å². The SMILES string of the molecule is C1=Cc2cc3ccccc3c3cc4ccccc4c(c23)C1.N.N.[B]. The summed E-state index contributed by atoms with van der Waals surface area (Å²) in [7, 11) is 0. The minimum Gasteiger partial charge on any atom is -0.344 e. The van der Waals surface area contributed by atoms with Crippen LogP contribution in [-0.4, -0.2) is 8.41 Å². The Labute approximate surface area is 143 Å². The highest BCUT2D eigenvalue weighted by Gasteiger charge is 2.14. The van der Waals surface area contributed by atoms with Gasteiger partial charge in [-0.05, 0) is 62.0 Å². The van der Waals surface area contributed by atoms with Gasteiger partial charge in [0.05, 0.1) is 0 Å². The normalized spacial score (nSPS) is 11.7. The molecule has 4 aromatic carbocycles. The van der Waals surface area contributed by atoms with Crippen molar-refractivity contribution in [3.63, 3.8) is 0 Å². The molecule has 24 heavy (non-hydrogen) atoms. The molecule has 0 saturated carbocycles. The van der Waals surface area contributed by atoms with Crippen molar-refractivity contribution in [1.29, 1.82) is 0 Å². The van der Waals surface area contributed by atoms with Crippen LogP contribution in [0.15, 0.2) is 66.7 Å². The van der Waals surface area contributed by atoms with Crippen LogP contribution in [0.25, 0.3) is 38.4 Å². The fraction of sp³-hybridized carbons (Fsp3) is 0.0476. The third kappa shape index (κ3) is 2.30. The van der Waals surface area contributed by atoms with E-state index in [4.69, 9.17) is 0 Å². The first-order valence-electron chi connectivity index (χ1n) is 7.44. The van der Waals surface area contributed by atoms with Crippen molar-refractivity contribution in [2.45, 2.75) is 6.42 Å². The Morgan fingerprint density at radius 1 is 0.667 bits per heavy atom. The average Bonchev–Trinajstić information content (AvgIpc) is 2.55. The molecule has 0 atom stereocenters. The molecule has 6 N–H and O–H groups in total. The molecule has 0 unspecified atom stereocenters. The highest BCUT2D eigenvalue weighted by Crippen LogP contribution is 2.38. The zero-order chi connectivity index (χ0) is 13.8. The average molecular weight is 311 g/mol. The summed E-state index contributed by atoms with van der Waals surface area (Å²) in [5.41, 5.74) is 2.84. The summed E-state index contributed by atoms with van der Waals surface area (Å²) in [5, 5.41) is 8.26. The van der Waals surface area contributed by atoms with Crippen LogP contribution in [0, 0.1) is 0 Å². The van der Waals surface area contributed by atoms with Crippen LogP contribution in [0.3, 0.4) is 0 Å². The highest BCUT2D eigenvalue weighted by molar-refractivity contribution is 6.17. The van der Waals surface area contributed by atoms with Crippen molar-refractivity contribution in [1.82, 2.24) is 12.3 Å². The van der Waals surface area contributed by atoms with E-state index >= 15 is 0 Å². The molecular formula is C21H20BN2. The second-order valence-electron chi connectivity index (χ2n) is 5.79. The Hall–Kier alpha value is -2.62. The van der Waals surface area contributed by atoms with E-state index in [2.05, 4.69) is 72.8 Å². The second kappa shape index (κ2) is 6.48. The number of hydrogen-bond donors (Lipinski definition) is 2. The second-order valence-corrected chi connectivity index (χ2v) is 5.79. The number of hydrogen-bond acceptors (Lipinski definition) is 2. The maximum absolute atomic E-state index is 2.36. The molecule has 117 valence electrons. The predicted molar refractivity (Wildman–Crippen MR) is 107 cm³/mol. The van der Waals surface area contributed by atoms with Gasteiger partial charge >= 0.3 is 0 Å². The van der Waals surface area contributed by atoms with Gasteiger partial charge in [0.25, 0.3) is 0 Å². The Bertz CT molecular complexity index is 1070. The number of rotatable bonds is 0. The fourth-order valence-electron chi connectivity index (χ4n) is 3.72. The maximum atomic E-state index is 2.36. The standard InChI is InChI=1S/C21H14.B.2H3N/c1-4-10-18-14(6-1)12-16-8-5-11-19-17-9-3-2-7-15(17)13-20(18)21(16)19;;;/h1-10,12-13H,11H2;;2*1H3. The van der Waals surface area contributed by atoms with Crippen molar-refractivity contribution in [2.75, 3.05) is 0 Å². The first kappa shape index (κ1) is 17.7. The monoisotopic (exact) mass is 311 g/mol. The van der Waals surface area contributed by atoms with Gasteiger partial charge in [-0.1, -0.05) is 60.7 Å². The lowest BCUT2D eigenvalue weighted by Gasteiger charge is -2.18. The predicted octanol–water partition coefficient (Wildman–Crippen LogP) is 5.66. The van der Waals surface area contributed by atoms with E-state index in [0.717, 1.165) is 6.42 Å². The van der Waals surface area contributed by atoms with Crippen molar-refractivity contribution in [3.8, 4) is 0 Å². The first-order chi connectivity index (χ1) is 10.4. The Morgan fingerprint density at radius 3 is 2.04 bits per heavy atom. The van der Waals surface area contributed by atoms with Gasteiger partial charge in [-0.15, -0.1) is 0 Å². The number of fused-ring (bicyclic) bond motifs is 4. The summed E-state index contributed by atoms with van der Waals surface area (Å²) in [6.07, 6.45) is 5.60. The third-order valence-corrected chi connectivity index (χ3v) is 4.63. The summed E-state index contributed by atoms with van der Waals surface area (Å²) >= 11 is 0. The molecule has 0 saturated heterocycles. The van der Waals surface area contributed by atoms with Gasteiger partial charge in [-0.25, -0.2) is 0 Å². The maximum Gasteiger partial charge on any atom is 0 e. The molecule has 4 aromatic rings. The van der Waals surface area contributed by atoms with Gasteiger partial charge in [-0.2, -0.15) is 0 Å². The molecule has 3 heteroatoms. The van der Waals surface area contributed by atoms with E-state index in [1.807, 2.05) is 0 Å². The Morgan fingerprint density at radius 2 is 1.29 bits per heavy atom. The van der Waals surface area contributed by atoms with Crippen LogP contribution in [-0.2, 0) is 6.42 Å². The van der Waals surface area contributed by atoms with Gasteiger partial charge < -0.3 is 12.3 Å². The largest absolute Gasteiger partial charge is 0.344 e. The molecule has 0 aliphatic heterocycles. The summed E-state index contributed by atoms with van der Waals surface area (Å²) in [5.74, 6) is 0. The van der Waals surface area contributed by atoms with Crippen LogP contribution in [0.5, 0.6) is 0 Å². The molecule has 0 bridgehead atoms. The summed E-state index contributed by atoms with van der Waals surface area (Å²) in [4.78, 5) is 0. The van der Waals surface area contributed by atoms with Gasteiger partial charge in [0.2, 0.25) is 0 Å². The van der Waals surface area contributed by atoms with Gasteiger partial charge in [-0.3, -0.25) is 0 Å². The van der Waals surface area contributed by atoms with E-state index in [1.165, 1.54) is 43.4 Å². The van der Waals surface area contributed by atoms with Crippen molar-refractivity contribution < 1.29 is 0 Å². The molecule has 0 spiro atoms. The van der Waals surface area contributed by atoms with Crippen molar-refractivity contribution in [2.24, 2.45) is 0 Å². The van der Waals surface area contributed by atoms with Crippen molar-refractivity contribution in [3.05, 3.63) is 77.9 Å². The third-order valence-electron chi connectivity index (χ3n) is 4.63. The lowest BCUT2D eigenvalue weighted by molar-refractivity contribution is 1.32. The molecule has 1 aliphatic rings. The molecule has 0 heterocycles. The topological polar surface area (TPSA) is 70.0 Å². The van der Waals surface area contributed by atoms with Crippen LogP contribution in [0.1, 0.15) is 11.1 Å².